The highest BCUT2D eigenvalue weighted by molar-refractivity contribution is 5.76. The quantitative estimate of drug-likeness (QED) is 0.576. The third kappa shape index (κ3) is 6.37. The maximum absolute atomic E-state index is 12.7. The van der Waals surface area contributed by atoms with E-state index in [1.54, 1.807) is 14.2 Å². The molecule has 7 heteroatoms. The normalized spacial score (nSPS) is 15.1. The summed E-state index contributed by atoms with van der Waals surface area (Å²) >= 11 is 0. The molecular weight excluding hydrogens is 408 g/mol. The van der Waals surface area contributed by atoms with E-state index in [2.05, 4.69) is 16.3 Å². The van der Waals surface area contributed by atoms with E-state index in [1.165, 1.54) is 0 Å². The summed E-state index contributed by atoms with van der Waals surface area (Å²) in [4.78, 5) is 15.0. The van der Waals surface area contributed by atoms with Crippen LogP contribution in [0.25, 0.3) is 0 Å². The fourth-order valence-electron chi connectivity index (χ4n) is 3.97. The van der Waals surface area contributed by atoms with E-state index in [4.69, 9.17) is 18.9 Å². The molecule has 0 aromatic heterocycles. The van der Waals surface area contributed by atoms with Gasteiger partial charge in [0.25, 0.3) is 0 Å². The van der Waals surface area contributed by atoms with Crippen molar-refractivity contribution in [3.05, 3.63) is 53.6 Å². The van der Waals surface area contributed by atoms with Gasteiger partial charge in [0.1, 0.15) is 5.75 Å². The molecule has 1 saturated heterocycles. The minimum absolute atomic E-state index is 0.0204. The molecular formula is C25H34N2O5. The summed E-state index contributed by atoms with van der Waals surface area (Å²) in [5.74, 6) is 2.26. The predicted octanol–water partition coefficient (Wildman–Crippen LogP) is 3.22. The summed E-state index contributed by atoms with van der Waals surface area (Å²) in [5.41, 5.74) is 2.11. The number of aryl methyl sites for hydroxylation is 1. The van der Waals surface area contributed by atoms with Gasteiger partial charge in [0.05, 0.1) is 40.1 Å². The molecule has 2 aromatic carbocycles. The molecule has 0 bridgehead atoms. The minimum atomic E-state index is 0.0204. The van der Waals surface area contributed by atoms with Gasteiger partial charge in [-0.05, 0) is 42.7 Å². The molecule has 7 nitrogen and oxygen atoms in total. The molecule has 1 atom stereocenters. The second-order valence-electron chi connectivity index (χ2n) is 7.62. The van der Waals surface area contributed by atoms with Gasteiger partial charge in [-0.25, -0.2) is 0 Å². The van der Waals surface area contributed by atoms with Gasteiger partial charge in [-0.2, -0.15) is 0 Å². The fraction of sp³-hybridized carbons (Fsp3) is 0.480. The van der Waals surface area contributed by atoms with Crippen molar-refractivity contribution in [2.45, 2.75) is 25.8 Å². The minimum Gasteiger partial charge on any atom is -0.496 e. The molecule has 174 valence electrons. The van der Waals surface area contributed by atoms with Crippen LogP contribution in [0.5, 0.6) is 17.2 Å². The Kier molecular flexibility index (Phi) is 9.19. The van der Waals surface area contributed by atoms with E-state index in [0.717, 1.165) is 35.7 Å². The maximum atomic E-state index is 12.7. The van der Waals surface area contributed by atoms with Crippen molar-refractivity contribution in [1.29, 1.82) is 0 Å². The molecule has 1 aliphatic heterocycles. The first kappa shape index (κ1) is 23.9. The summed E-state index contributed by atoms with van der Waals surface area (Å²) < 4.78 is 22.1. The Balaban J connectivity index is 1.67. The Hall–Kier alpha value is -2.77. The lowest BCUT2D eigenvalue weighted by atomic mass is 10.0. The van der Waals surface area contributed by atoms with Gasteiger partial charge in [-0.1, -0.05) is 24.3 Å². The number of morpholine rings is 1. The van der Waals surface area contributed by atoms with Crippen LogP contribution in [-0.4, -0.2) is 64.5 Å². The van der Waals surface area contributed by atoms with Crippen molar-refractivity contribution >= 4 is 5.91 Å². The average molecular weight is 443 g/mol. The molecule has 2 aromatic rings. The van der Waals surface area contributed by atoms with E-state index >= 15 is 0 Å². The summed E-state index contributed by atoms with van der Waals surface area (Å²) in [5, 5.41) is 3.13. The monoisotopic (exact) mass is 442 g/mol. The Morgan fingerprint density at radius 3 is 2.53 bits per heavy atom. The number of nitrogens with one attached hydrogen (secondary N) is 1. The lowest BCUT2D eigenvalue weighted by Gasteiger charge is -2.35. The Morgan fingerprint density at radius 2 is 1.81 bits per heavy atom. The van der Waals surface area contributed by atoms with Gasteiger partial charge in [-0.15, -0.1) is 0 Å². The zero-order valence-electron chi connectivity index (χ0n) is 19.3. The molecule has 0 saturated carbocycles. The second-order valence-corrected chi connectivity index (χ2v) is 7.62. The van der Waals surface area contributed by atoms with E-state index in [-0.39, 0.29) is 11.9 Å². The Morgan fingerprint density at radius 1 is 1.06 bits per heavy atom. The number of methoxy groups -OCH3 is 2. The first-order chi connectivity index (χ1) is 15.7. The van der Waals surface area contributed by atoms with Gasteiger partial charge in [0.15, 0.2) is 11.5 Å². The van der Waals surface area contributed by atoms with E-state index in [0.29, 0.717) is 45.0 Å². The number of nitrogens with zero attached hydrogens (tertiary/aromatic N) is 1. The van der Waals surface area contributed by atoms with E-state index < -0.39 is 0 Å². The van der Waals surface area contributed by atoms with E-state index in [1.807, 2.05) is 43.3 Å². The first-order valence-corrected chi connectivity index (χ1v) is 11.2. The number of carbonyl (C=O) groups excluding carboxylic acids is 1. The topological polar surface area (TPSA) is 69.3 Å². The van der Waals surface area contributed by atoms with Crippen LogP contribution < -0.4 is 19.5 Å². The van der Waals surface area contributed by atoms with E-state index in [9.17, 15) is 4.79 Å². The number of benzene rings is 2. The highest BCUT2D eigenvalue weighted by Crippen LogP contribution is 2.32. The molecule has 0 spiro atoms. The van der Waals surface area contributed by atoms with Crippen LogP contribution in [0.15, 0.2) is 42.5 Å². The number of para-hydroxylation sites is 1. The van der Waals surface area contributed by atoms with Crippen LogP contribution in [-0.2, 0) is 16.0 Å². The molecule has 1 N–H and O–H groups in total. The van der Waals surface area contributed by atoms with Crippen molar-refractivity contribution in [3.8, 4) is 17.2 Å². The molecule has 0 radical (unpaired) electrons. The van der Waals surface area contributed by atoms with Gasteiger partial charge in [-0.3, -0.25) is 9.69 Å². The standard InChI is InChI=1S/C25H34N2O5/c1-4-32-23-11-9-20(17-24(23)30-3)21(27-13-15-31-16-14-27)18-26-25(28)12-10-19-7-5-6-8-22(19)29-2/h5-9,11,17,21H,4,10,12-16,18H2,1-3H3,(H,26,28). The number of carbonyl (C=O) groups is 1. The third-order valence-corrected chi connectivity index (χ3v) is 5.67. The summed E-state index contributed by atoms with van der Waals surface area (Å²) in [6.45, 7) is 6.05. The molecule has 1 heterocycles. The number of ether oxygens (including phenoxy) is 4. The van der Waals surface area contributed by atoms with Crippen molar-refractivity contribution in [2.24, 2.45) is 0 Å². The molecule has 1 fully saturated rings. The first-order valence-electron chi connectivity index (χ1n) is 11.2. The van der Waals surface area contributed by atoms with Crippen LogP contribution in [0.2, 0.25) is 0 Å². The van der Waals surface area contributed by atoms with Crippen LogP contribution in [0, 0.1) is 0 Å². The number of rotatable bonds is 11. The van der Waals surface area contributed by atoms with Gasteiger partial charge in [0.2, 0.25) is 5.91 Å². The number of amides is 1. The largest absolute Gasteiger partial charge is 0.496 e. The smallest absolute Gasteiger partial charge is 0.220 e. The Bertz CT molecular complexity index is 867. The van der Waals surface area contributed by atoms with Gasteiger partial charge < -0.3 is 24.3 Å². The van der Waals surface area contributed by atoms with Crippen LogP contribution in [0.1, 0.15) is 30.5 Å². The molecule has 1 amide bonds. The summed E-state index contributed by atoms with van der Waals surface area (Å²) in [6.07, 6.45) is 1.04. The number of hydrogen-bond donors (Lipinski definition) is 1. The third-order valence-electron chi connectivity index (χ3n) is 5.67. The summed E-state index contributed by atoms with van der Waals surface area (Å²) in [7, 11) is 3.29. The van der Waals surface area contributed by atoms with Gasteiger partial charge in [0, 0.05) is 26.1 Å². The lowest BCUT2D eigenvalue weighted by molar-refractivity contribution is -0.121. The molecule has 32 heavy (non-hydrogen) atoms. The average Bonchev–Trinajstić information content (AvgIpc) is 2.84. The van der Waals surface area contributed by atoms with Crippen molar-refractivity contribution in [1.82, 2.24) is 10.2 Å². The lowest BCUT2D eigenvalue weighted by Crippen LogP contribution is -2.43. The summed E-state index contributed by atoms with van der Waals surface area (Å²) in [6, 6.07) is 13.8. The molecule has 3 rings (SSSR count). The SMILES string of the molecule is CCOc1ccc(C(CNC(=O)CCc2ccccc2OC)N2CCOCC2)cc1OC. The van der Waals surface area contributed by atoms with Crippen molar-refractivity contribution < 1.29 is 23.7 Å². The van der Waals surface area contributed by atoms with Crippen LogP contribution in [0.3, 0.4) is 0 Å². The van der Waals surface area contributed by atoms with Crippen LogP contribution >= 0.6 is 0 Å². The van der Waals surface area contributed by atoms with Gasteiger partial charge >= 0.3 is 0 Å². The molecule has 1 aliphatic rings. The zero-order valence-corrected chi connectivity index (χ0v) is 19.3. The van der Waals surface area contributed by atoms with Crippen molar-refractivity contribution in [2.75, 3.05) is 53.7 Å². The van der Waals surface area contributed by atoms with Crippen molar-refractivity contribution in [3.63, 3.8) is 0 Å². The maximum Gasteiger partial charge on any atom is 0.220 e. The zero-order chi connectivity index (χ0) is 22.8. The predicted molar refractivity (Wildman–Crippen MR) is 124 cm³/mol. The number of hydrogen-bond acceptors (Lipinski definition) is 6. The Labute approximate surface area is 190 Å². The molecule has 1 unspecified atom stereocenters. The fourth-order valence-corrected chi connectivity index (χ4v) is 3.97. The highest BCUT2D eigenvalue weighted by Gasteiger charge is 2.24. The molecule has 0 aliphatic carbocycles. The highest BCUT2D eigenvalue weighted by atomic mass is 16.5. The second kappa shape index (κ2) is 12.3. The van der Waals surface area contributed by atoms with Crippen LogP contribution in [0.4, 0.5) is 0 Å².